The molecule has 2 rings (SSSR count). The van der Waals surface area contributed by atoms with Gasteiger partial charge in [-0.1, -0.05) is 0 Å². The van der Waals surface area contributed by atoms with Crippen molar-refractivity contribution in [2.45, 2.75) is 20.4 Å². The number of carbonyl (C=O) groups excluding carboxylic acids is 2. The minimum atomic E-state index is -0.407. The fraction of sp³-hybridized carbons (Fsp3) is 0.312. The van der Waals surface area contributed by atoms with Crippen LogP contribution in [0.2, 0.25) is 0 Å². The molecule has 0 aliphatic carbocycles. The summed E-state index contributed by atoms with van der Waals surface area (Å²) in [6, 6.07) is 8.42. The Morgan fingerprint density at radius 3 is 2.57 bits per heavy atom. The normalized spacial score (nSPS) is 10.2. The molecule has 0 atom stereocenters. The second kappa shape index (κ2) is 7.44. The highest BCUT2D eigenvalue weighted by molar-refractivity contribution is 6.04. The third-order valence-corrected chi connectivity index (χ3v) is 3.08. The second-order valence-corrected chi connectivity index (χ2v) is 4.82. The van der Waals surface area contributed by atoms with Gasteiger partial charge in [-0.05, 0) is 38.1 Å². The zero-order valence-electron chi connectivity index (χ0n) is 13.3. The van der Waals surface area contributed by atoms with Crippen molar-refractivity contribution in [1.29, 1.82) is 0 Å². The van der Waals surface area contributed by atoms with E-state index in [0.29, 0.717) is 29.4 Å². The van der Waals surface area contributed by atoms with E-state index in [9.17, 15) is 9.59 Å². The molecule has 7 nitrogen and oxygen atoms in total. The molecule has 122 valence electrons. The summed E-state index contributed by atoms with van der Waals surface area (Å²) in [4.78, 5) is 23.9. The molecule has 0 saturated carbocycles. The van der Waals surface area contributed by atoms with Crippen molar-refractivity contribution in [3.05, 3.63) is 41.6 Å². The molecule has 7 heteroatoms. The maximum atomic E-state index is 12.3. The van der Waals surface area contributed by atoms with E-state index in [-0.39, 0.29) is 12.5 Å². The molecule has 0 bridgehead atoms. The van der Waals surface area contributed by atoms with E-state index < -0.39 is 5.97 Å². The van der Waals surface area contributed by atoms with Crippen molar-refractivity contribution in [3.8, 4) is 5.75 Å². The molecule has 1 aromatic carbocycles. The number of anilines is 1. The number of nitrogens with one attached hydrogen (secondary N) is 1. The van der Waals surface area contributed by atoms with E-state index in [1.807, 2.05) is 0 Å². The summed E-state index contributed by atoms with van der Waals surface area (Å²) in [5.41, 5.74) is 1.17. The van der Waals surface area contributed by atoms with Crippen LogP contribution in [-0.2, 0) is 16.1 Å². The van der Waals surface area contributed by atoms with Crippen molar-refractivity contribution < 1.29 is 19.1 Å². The topological polar surface area (TPSA) is 82.5 Å². The number of aryl methyl sites for hydroxylation is 1. The van der Waals surface area contributed by atoms with Crippen molar-refractivity contribution in [1.82, 2.24) is 9.78 Å². The van der Waals surface area contributed by atoms with Crippen LogP contribution < -0.4 is 10.1 Å². The van der Waals surface area contributed by atoms with Gasteiger partial charge in [0, 0.05) is 11.6 Å². The zero-order valence-corrected chi connectivity index (χ0v) is 13.3. The van der Waals surface area contributed by atoms with Crippen LogP contribution in [0.25, 0.3) is 0 Å². The summed E-state index contributed by atoms with van der Waals surface area (Å²) in [5.74, 6) is 0.411. The van der Waals surface area contributed by atoms with E-state index in [1.165, 1.54) is 4.68 Å². The summed E-state index contributed by atoms with van der Waals surface area (Å²) in [5, 5.41) is 6.93. The minimum Gasteiger partial charge on any atom is -0.497 e. The van der Waals surface area contributed by atoms with Crippen molar-refractivity contribution in [2.75, 3.05) is 19.0 Å². The van der Waals surface area contributed by atoms with E-state index in [0.717, 1.165) is 0 Å². The second-order valence-electron chi connectivity index (χ2n) is 4.82. The van der Waals surface area contributed by atoms with Gasteiger partial charge in [0.05, 0.1) is 19.4 Å². The number of ether oxygens (including phenoxy) is 2. The average Bonchev–Trinajstić information content (AvgIpc) is 2.86. The van der Waals surface area contributed by atoms with Gasteiger partial charge in [0.25, 0.3) is 5.91 Å². The molecule has 1 N–H and O–H groups in total. The number of amides is 1. The number of benzene rings is 1. The number of aromatic nitrogens is 2. The van der Waals surface area contributed by atoms with Crippen LogP contribution in [0.4, 0.5) is 5.82 Å². The monoisotopic (exact) mass is 317 g/mol. The Labute approximate surface area is 134 Å². The fourth-order valence-electron chi connectivity index (χ4n) is 2.03. The number of esters is 1. The van der Waals surface area contributed by atoms with Crippen LogP contribution in [0.15, 0.2) is 30.3 Å². The van der Waals surface area contributed by atoms with E-state index in [2.05, 4.69) is 10.4 Å². The number of hydrogen-bond acceptors (Lipinski definition) is 5. The lowest BCUT2D eigenvalue weighted by molar-refractivity contribution is -0.144. The first-order chi connectivity index (χ1) is 11.0. The Hall–Kier alpha value is -2.83. The summed E-state index contributed by atoms with van der Waals surface area (Å²) in [6.45, 7) is 3.76. The summed E-state index contributed by atoms with van der Waals surface area (Å²) < 4.78 is 11.4. The molecule has 0 spiro atoms. The van der Waals surface area contributed by atoms with Gasteiger partial charge in [-0.15, -0.1) is 0 Å². The Morgan fingerprint density at radius 2 is 1.96 bits per heavy atom. The van der Waals surface area contributed by atoms with Crippen molar-refractivity contribution in [3.63, 3.8) is 0 Å². The van der Waals surface area contributed by atoms with Gasteiger partial charge in [0.1, 0.15) is 18.1 Å². The van der Waals surface area contributed by atoms with Gasteiger partial charge in [-0.3, -0.25) is 9.59 Å². The third-order valence-electron chi connectivity index (χ3n) is 3.08. The molecule has 0 saturated heterocycles. The summed E-state index contributed by atoms with van der Waals surface area (Å²) in [7, 11) is 1.56. The highest BCUT2D eigenvalue weighted by atomic mass is 16.5. The number of nitrogens with zero attached hydrogens (tertiary/aromatic N) is 2. The first-order valence-electron chi connectivity index (χ1n) is 7.19. The number of rotatable bonds is 6. The van der Waals surface area contributed by atoms with Gasteiger partial charge in [-0.2, -0.15) is 5.10 Å². The Bertz CT molecular complexity index is 692. The maximum absolute atomic E-state index is 12.3. The van der Waals surface area contributed by atoms with E-state index in [4.69, 9.17) is 9.47 Å². The molecular weight excluding hydrogens is 298 g/mol. The standard InChI is InChI=1S/C16H19N3O4/c1-4-23-15(20)10-19-14(9-11(2)18-19)17-16(21)12-5-7-13(22-3)8-6-12/h5-9H,4,10H2,1-3H3,(H,17,21). The third kappa shape index (κ3) is 4.32. The van der Waals surface area contributed by atoms with Crippen LogP contribution in [0, 0.1) is 6.92 Å². The van der Waals surface area contributed by atoms with Gasteiger partial charge in [-0.25, -0.2) is 4.68 Å². The molecule has 2 aromatic rings. The summed E-state index contributed by atoms with van der Waals surface area (Å²) >= 11 is 0. The number of carbonyl (C=O) groups is 2. The largest absolute Gasteiger partial charge is 0.497 e. The van der Waals surface area contributed by atoms with Gasteiger partial charge in [0.15, 0.2) is 0 Å². The van der Waals surface area contributed by atoms with Gasteiger partial charge >= 0.3 is 5.97 Å². The SMILES string of the molecule is CCOC(=O)Cn1nc(C)cc1NC(=O)c1ccc(OC)cc1. The van der Waals surface area contributed by atoms with Crippen LogP contribution in [0.5, 0.6) is 5.75 Å². The fourth-order valence-corrected chi connectivity index (χ4v) is 2.03. The molecular formula is C16H19N3O4. The molecule has 0 aliphatic rings. The Balaban J connectivity index is 2.12. The van der Waals surface area contributed by atoms with Crippen LogP contribution >= 0.6 is 0 Å². The Kier molecular flexibility index (Phi) is 5.35. The van der Waals surface area contributed by atoms with Crippen LogP contribution in [0.1, 0.15) is 23.0 Å². The van der Waals surface area contributed by atoms with Crippen LogP contribution in [-0.4, -0.2) is 35.4 Å². The highest BCUT2D eigenvalue weighted by Crippen LogP contribution is 2.15. The smallest absolute Gasteiger partial charge is 0.327 e. The quantitative estimate of drug-likeness (QED) is 0.824. The minimum absolute atomic E-state index is 0.0556. The average molecular weight is 317 g/mol. The molecule has 0 aliphatic heterocycles. The zero-order chi connectivity index (χ0) is 16.8. The van der Waals surface area contributed by atoms with Gasteiger partial charge < -0.3 is 14.8 Å². The first-order valence-corrected chi connectivity index (χ1v) is 7.19. The lowest BCUT2D eigenvalue weighted by Crippen LogP contribution is -2.19. The van der Waals surface area contributed by atoms with E-state index in [1.54, 1.807) is 51.3 Å². The highest BCUT2D eigenvalue weighted by Gasteiger charge is 2.14. The van der Waals surface area contributed by atoms with Crippen molar-refractivity contribution >= 4 is 17.7 Å². The molecule has 1 aromatic heterocycles. The number of hydrogen-bond donors (Lipinski definition) is 1. The Morgan fingerprint density at radius 1 is 1.26 bits per heavy atom. The molecule has 1 amide bonds. The predicted octanol–water partition coefficient (Wildman–Crippen LogP) is 2.02. The van der Waals surface area contributed by atoms with Gasteiger partial charge in [0.2, 0.25) is 0 Å². The van der Waals surface area contributed by atoms with Crippen molar-refractivity contribution in [2.24, 2.45) is 0 Å². The first kappa shape index (κ1) is 16.5. The number of methoxy groups -OCH3 is 1. The predicted molar refractivity (Wildman–Crippen MR) is 84.5 cm³/mol. The van der Waals surface area contributed by atoms with Crippen LogP contribution in [0.3, 0.4) is 0 Å². The lowest BCUT2D eigenvalue weighted by atomic mass is 10.2. The molecule has 0 fully saturated rings. The molecule has 23 heavy (non-hydrogen) atoms. The summed E-state index contributed by atoms with van der Waals surface area (Å²) in [6.07, 6.45) is 0. The molecule has 0 radical (unpaired) electrons. The molecule has 1 heterocycles. The molecule has 0 unspecified atom stereocenters. The van der Waals surface area contributed by atoms with E-state index >= 15 is 0 Å². The maximum Gasteiger partial charge on any atom is 0.327 e. The lowest BCUT2D eigenvalue weighted by Gasteiger charge is -2.09.